The molecule has 270 valence electrons. The first-order valence-electron chi connectivity index (χ1n) is 19.3. The maximum Gasteiger partial charge on any atom is 0.160 e. The fourth-order valence-corrected chi connectivity index (χ4v) is 7.91. The zero-order valence-electron chi connectivity index (χ0n) is 31.5. The Bertz CT molecular complexity index is 2950. The quantitative estimate of drug-likeness (QED) is 0.156. The van der Waals surface area contributed by atoms with E-state index < -0.39 is 0 Å². The number of rotatable bonds is 8. The number of para-hydroxylation sites is 3. The zero-order valence-corrected chi connectivity index (χ0v) is 31.5. The zero-order chi connectivity index (χ0) is 38.1. The highest BCUT2D eigenvalue weighted by Crippen LogP contribution is 2.40. The molecule has 0 atom stereocenters. The molecule has 0 radical (unpaired) electrons. The monoisotopic (exact) mass is 730 g/mol. The third-order valence-corrected chi connectivity index (χ3v) is 10.8. The number of fused-ring (bicyclic) bond motifs is 3. The molecule has 0 saturated carbocycles. The summed E-state index contributed by atoms with van der Waals surface area (Å²) in [7, 11) is 0. The van der Waals surface area contributed by atoms with Gasteiger partial charge in [0.1, 0.15) is 0 Å². The van der Waals surface area contributed by atoms with Crippen LogP contribution >= 0.6 is 0 Å². The molecule has 0 fully saturated rings. The van der Waals surface area contributed by atoms with Crippen LogP contribution in [-0.2, 0) is 0 Å². The molecule has 2 heterocycles. The van der Waals surface area contributed by atoms with Crippen LogP contribution in [-0.4, -0.2) is 14.5 Å². The average Bonchev–Trinajstić information content (AvgIpc) is 3.61. The van der Waals surface area contributed by atoms with E-state index in [9.17, 15) is 0 Å². The number of hydrogen-bond acceptors (Lipinski definition) is 3. The van der Waals surface area contributed by atoms with Crippen LogP contribution in [0.25, 0.3) is 72.5 Å². The summed E-state index contributed by atoms with van der Waals surface area (Å²) in [6.07, 6.45) is 0. The summed E-state index contributed by atoms with van der Waals surface area (Å²) >= 11 is 0. The van der Waals surface area contributed by atoms with Crippen molar-refractivity contribution in [3.63, 3.8) is 0 Å². The molecule has 8 aromatic carbocycles. The summed E-state index contributed by atoms with van der Waals surface area (Å²) in [6, 6.07) is 75.0. The molecule has 0 saturated heterocycles. The Labute approximate surface area is 332 Å². The molecule has 0 amide bonds. The van der Waals surface area contributed by atoms with Gasteiger partial charge in [0.05, 0.1) is 22.4 Å². The summed E-state index contributed by atoms with van der Waals surface area (Å²) < 4.78 is 2.38. The number of hydrogen-bond donors (Lipinski definition) is 0. The molecule has 0 aliphatic rings. The van der Waals surface area contributed by atoms with Gasteiger partial charge in [-0.15, -0.1) is 0 Å². The molecule has 10 rings (SSSR count). The van der Waals surface area contributed by atoms with Crippen molar-refractivity contribution in [1.82, 2.24) is 14.5 Å². The number of aromatic nitrogens is 3. The van der Waals surface area contributed by atoms with Crippen molar-refractivity contribution in [2.45, 2.75) is 6.92 Å². The molecule has 0 N–H and O–H groups in total. The van der Waals surface area contributed by atoms with Crippen molar-refractivity contribution in [3.05, 3.63) is 218 Å². The van der Waals surface area contributed by atoms with E-state index in [4.69, 9.17) is 9.97 Å². The van der Waals surface area contributed by atoms with Gasteiger partial charge in [-0.3, -0.25) is 0 Å². The summed E-state index contributed by atoms with van der Waals surface area (Å²) in [5.41, 5.74) is 15.2. The van der Waals surface area contributed by atoms with Crippen LogP contribution in [0.3, 0.4) is 0 Å². The molecule has 0 aliphatic heterocycles. The Morgan fingerprint density at radius 2 is 0.895 bits per heavy atom. The number of anilines is 3. The van der Waals surface area contributed by atoms with Crippen molar-refractivity contribution in [1.29, 1.82) is 0 Å². The normalized spacial score (nSPS) is 11.2. The van der Waals surface area contributed by atoms with E-state index in [2.05, 4.69) is 204 Å². The van der Waals surface area contributed by atoms with Crippen molar-refractivity contribution >= 4 is 38.9 Å². The van der Waals surface area contributed by atoms with Crippen LogP contribution in [0.1, 0.15) is 5.56 Å². The van der Waals surface area contributed by atoms with E-state index in [-0.39, 0.29) is 0 Å². The lowest BCUT2D eigenvalue weighted by atomic mass is 10.0. The van der Waals surface area contributed by atoms with Crippen molar-refractivity contribution < 1.29 is 0 Å². The number of benzene rings is 8. The Balaban J connectivity index is 0.995. The standard InChI is InChI=1S/C53H38N4/c1-37-15-11-12-22-46(37)53-54-49(40-16-5-2-6-17-40)36-50(55-53)41-27-25-38(26-28-41)39-29-31-44(32-30-39)57-51-24-14-13-23-47(51)48-35-45(33-34-52(48)57)56(42-18-7-3-8-19-42)43-20-9-4-10-21-43/h2-36H,1H3. The van der Waals surface area contributed by atoms with Gasteiger partial charge in [-0.05, 0) is 90.3 Å². The predicted molar refractivity (Wildman–Crippen MR) is 238 cm³/mol. The van der Waals surface area contributed by atoms with Crippen LogP contribution in [0.15, 0.2) is 212 Å². The molecule has 0 aliphatic carbocycles. The van der Waals surface area contributed by atoms with Gasteiger partial charge in [0.2, 0.25) is 0 Å². The second-order valence-electron chi connectivity index (χ2n) is 14.3. The summed E-state index contributed by atoms with van der Waals surface area (Å²) in [5.74, 6) is 0.732. The minimum Gasteiger partial charge on any atom is -0.310 e. The maximum atomic E-state index is 5.08. The van der Waals surface area contributed by atoms with Gasteiger partial charge in [0, 0.05) is 50.2 Å². The molecule has 0 unspecified atom stereocenters. The van der Waals surface area contributed by atoms with Crippen LogP contribution in [0.5, 0.6) is 0 Å². The predicted octanol–water partition coefficient (Wildman–Crippen LogP) is 14.0. The highest BCUT2D eigenvalue weighted by molar-refractivity contribution is 6.10. The van der Waals surface area contributed by atoms with Gasteiger partial charge in [-0.25, -0.2) is 9.97 Å². The van der Waals surface area contributed by atoms with Crippen LogP contribution in [0.2, 0.25) is 0 Å². The second-order valence-corrected chi connectivity index (χ2v) is 14.3. The SMILES string of the molecule is Cc1ccccc1-c1nc(-c2ccccc2)cc(-c2ccc(-c3ccc(-n4c5ccccc5c5cc(N(c6ccccc6)c6ccccc6)ccc54)cc3)cc2)n1. The average molecular weight is 731 g/mol. The molecule has 0 spiro atoms. The van der Waals surface area contributed by atoms with Crippen molar-refractivity contribution in [3.8, 4) is 50.7 Å². The van der Waals surface area contributed by atoms with Crippen molar-refractivity contribution in [2.75, 3.05) is 4.90 Å². The Morgan fingerprint density at radius 1 is 0.386 bits per heavy atom. The fraction of sp³-hybridized carbons (Fsp3) is 0.0189. The minimum atomic E-state index is 0.732. The van der Waals surface area contributed by atoms with Gasteiger partial charge >= 0.3 is 0 Å². The molecule has 4 heteroatoms. The number of aryl methyl sites for hydroxylation is 1. The van der Waals surface area contributed by atoms with E-state index in [0.717, 1.165) is 73.3 Å². The first-order valence-corrected chi connectivity index (χ1v) is 19.3. The minimum absolute atomic E-state index is 0.732. The van der Waals surface area contributed by atoms with Crippen LogP contribution < -0.4 is 4.90 Å². The molecular formula is C53H38N4. The molecule has 0 bridgehead atoms. The molecule has 4 nitrogen and oxygen atoms in total. The van der Waals surface area contributed by atoms with Gasteiger partial charge < -0.3 is 9.47 Å². The van der Waals surface area contributed by atoms with Crippen molar-refractivity contribution in [2.24, 2.45) is 0 Å². The van der Waals surface area contributed by atoms with Gasteiger partial charge in [-0.2, -0.15) is 0 Å². The molecular weight excluding hydrogens is 693 g/mol. The summed E-state index contributed by atoms with van der Waals surface area (Å²) in [5, 5.41) is 2.44. The summed E-state index contributed by atoms with van der Waals surface area (Å²) in [6.45, 7) is 2.11. The number of nitrogens with zero attached hydrogens (tertiary/aromatic N) is 4. The Morgan fingerprint density at radius 3 is 1.54 bits per heavy atom. The van der Waals surface area contributed by atoms with E-state index in [1.54, 1.807) is 0 Å². The second kappa shape index (κ2) is 14.6. The molecule has 10 aromatic rings. The lowest BCUT2D eigenvalue weighted by molar-refractivity contribution is 1.17. The smallest absolute Gasteiger partial charge is 0.160 e. The van der Waals surface area contributed by atoms with E-state index in [0.29, 0.717) is 0 Å². The van der Waals surface area contributed by atoms with Gasteiger partial charge in [0.15, 0.2) is 5.82 Å². The van der Waals surface area contributed by atoms with E-state index >= 15 is 0 Å². The highest BCUT2D eigenvalue weighted by Gasteiger charge is 2.18. The lowest BCUT2D eigenvalue weighted by Gasteiger charge is -2.25. The third kappa shape index (κ3) is 6.43. The first kappa shape index (κ1) is 34.0. The topological polar surface area (TPSA) is 34.0 Å². The third-order valence-electron chi connectivity index (χ3n) is 10.8. The highest BCUT2D eigenvalue weighted by atomic mass is 15.1. The summed E-state index contributed by atoms with van der Waals surface area (Å²) in [4.78, 5) is 12.4. The van der Waals surface area contributed by atoms with Gasteiger partial charge in [-0.1, -0.05) is 146 Å². The molecule has 57 heavy (non-hydrogen) atoms. The lowest BCUT2D eigenvalue weighted by Crippen LogP contribution is -2.09. The Hall–Kier alpha value is -7.56. The first-order chi connectivity index (χ1) is 28.2. The fourth-order valence-electron chi connectivity index (χ4n) is 7.91. The van der Waals surface area contributed by atoms with E-state index in [1.165, 1.54) is 21.8 Å². The van der Waals surface area contributed by atoms with Crippen LogP contribution in [0.4, 0.5) is 17.1 Å². The van der Waals surface area contributed by atoms with Crippen LogP contribution in [0, 0.1) is 6.92 Å². The Kier molecular flexibility index (Phi) is 8.69. The van der Waals surface area contributed by atoms with Gasteiger partial charge in [0.25, 0.3) is 0 Å². The molecule has 2 aromatic heterocycles. The largest absolute Gasteiger partial charge is 0.310 e. The maximum absolute atomic E-state index is 5.08. The van der Waals surface area contributed by atoms with E-state index in [1.807, 2.05) is 24.3 Å².